The van der Waals surface area contributed by atoms with Crippen LogP contribution in [0.5, 0.6) is 23.0 Å². The summed E-state index contributed by atoms with van der Waals surface area (Å²) in [6, 6.07) is 84.9. The third-order valence-electron chi connectivity index (χ3n) is 12.1. The summed E-state index contributed by atoms with van der Waals surface area (Å²) < 4.78 is 24.7. The van der Waals surface area contributed by atoms with Gasteiger partial charge in [-0.1, -0.05) is 188 Å². The van der Waals surface area contributed by atoms with Gasteiger partial charge in [0.15, 0.2) is 0 Å². The fourth-order valence-corrected chi connectivity index (χ4v) is 8.45. The fourth-order valence-electron chi connectivity index (χ4n) is 8.45. The molecule has 0 aliphatic heterocycles. The van der Waals surface area contributed by atoms with E-state index in [9.17, 15) is 0 Å². The minimum absolute atomic E-state index is 0.389. The molecule has 1 N–H and O–H groups in total. The van der Waals surface area contributed by atoms with Gasteiger partial charge in [0.05, 0.1) is 6.61 Å². The molecule has 5 nitrogen and oxygen atoms in total. The van der Waals surface area contributed by atoms with Crippen LogP contribution in [0.1, 0.15) is 51.4 Å². The lowest BCUT2D eigenvalue weighted by Crippen LogP contribution is -1.99. The Morgan fingerprint density at radius 3 is 0.847 bits per heavy atom. The molecule has 0 aromatic heterocycles. The number of para-hydroxylation sites is 1. The Kier molecular flexibility index (Phi) is 16.7. The second-order valence-electron chi connectivity index (χ2n) is 16.8. The third-order valence-corrected chi connectivity index (χ3v) is 12.1. The van der Waals surface area contributed by atoms with Crippen molar-refractivity contribution in [2.24, 2.45) is 0 Å². The Labute approximate surface area is 424 Å². The molecule has 9 aromatic carbocycles. The zero-order valence-electron chi connectivity index (χ0n) is 40.4. The van der Waals surface area contributed by atoms with Crippen molar-refractivity contribution < 1.29 is 18.9 Å². The van der Waals surface area contributed by atoms with E-state index in [1.54, 1.807) is 0 Å². The van der Waals surface area contributed by atoms with Gasteiger partial charge in [0, 0.05) is 17.5 Å². The first-order chi connectivity index (χ1) is 35.7. The molecule has 354 valence electrons. The third kappa shape index (κ3) is 13.2. The smallest absolute Gasteiger partial charge is 0.119 e. The van der Waals surface area contributed by atoms with E-state index in [1.165, 1.54) is 0 Å². The van der Waals surface area contributed by atoms with Crippen LogP contribution in [0.15, 0.2) is 273 Å². The standard InChI is InChI=1S/C67H57NO4/c1-2-69-60-36-28-55(29-37-60)64(51-18-8-3-9-19-51)44-47-70-61-38-30-56(31-39-61)65(52-20-10-4-11-21-52)45-48-71-62-40-32-57(33-41-62)66(53-22-12-5-13-23-53)46-49-72-63-42-34-58(35-43-63)67(54-24-14-6-15-25-54)50-68-59-26-16-7-17-27-59/h3-46,50,68H,2,47-49H2,1H3/b64-44-,65-45-,66-46-,67-50+. The molecular weight excluding hydrogens is 883 g/mol. The summed E-state index contributed by atoms with van der Waals surface area (Å²) in [6.45, 7) is 3.83. The molecule has 9 aromatic rings. The van der Waals surface area contributed by atoms with Gasteiger partial charge in [-0.3, -0.25) is 0 Å². The number of ether oxygens (including phenoxy) is 4. The SMILES string of the molecule is CCOc1ccc(/C(=C\COc2ccc(/C(=C\COc3ccc(/C(=C\COc4ccc(/C(=C/Nc5ccccc5)c5ccccc5)cc4)c4ccccc4)cc3)c3ccccc3)cc2)c2ccccc2)cc1. The number of anilines is 1. The summed E-state index contributed by atoms with van der Waals surface area (Å²) in [5, 5.41) is 3.46. The molecule has 5 heteroatoms. The highest BCUT2D eigenvalue weighted by Crippen LogP contribution is 2.31. The summed E-state index contributed by atoms with van der Waals surface area (Å²) >= 11 is 0. The van der Waals surface area contributed by atoms with E-state index in [4.69, 9.17) is 18.9 Å². The van der Waals surface area contributed by atoms with E-state index in [1.807, 2.05) is 97.9 Å². The van der Waals surface area contributed by atoms with E-state index in [0.29, 0.717) is 26.4 Å². The van der Waals surface area contributed by atoms with Crippen LogP contribution in [-0.4, -0.2) is 26.4 Å². The molecule has 0 spiro atoms. The first kappa shape index (κ1) is 48.0. The molecule has 0 saturated carbocycles. The van der Waals surface area contributed by atoms with E-state index in [2.05, 4.69) is 187 Å². The summed E-state index contributed by atoms with van der Waals surface area (Å²) in [4.78, 5) is 0. The van der Waals surface area contributed by atoms with Crippen LogP contribution in [0.2, 0.25) is 0 Å². The molecule has 0 aliphatic carbocycles. The highest BCUT2D eigenvalue weighted by atomic mass is 16.5. The van der Waals surface area contributed by atoms with Crippen molar-refractivity contribution in [3.8, 4) is 23.0 Å². The topological polar surface area (TPSA) is 49.0 Å². The average molecular weight is 940 g/mol. The molecule has 0 atom stereocenters. The van der Waals surface area contributed by atoms with Crippen LogP contribution in [0.25, 0.3) is 22.3 Å². The van der Waals surface area contributed by atoms with E-state index in [-0.39, 0.29) is 0 Å². The lowest BCUT2D eigenvalue weighted by molar-refractivity contribution is 0.340. The zero-order chi connectivity index (χ0) is 49.0. The Bertz CT molecular complexity index is 3190. The Hall–Kier alpha value is -9.06. The molecule has 0 fully saturated rings. The first-order valence-corrected chi connectivity index (χ1v) is 24.4. The van der Waals surface area contributed by atoms with Gasteiger partial charge in [0.1, 0.15) is 42.8 Å². The van der Waals surface area contributed by atoms with Crippen molar-refractivity contribution in [2.75, 3.05) is 31.7 Å². The van der Waals surface area contributed by atoms with Crippen molar-refractivity contribution in [3.63, 3.8) is 0 Å². The predicted molar refractivity (Wildman–Crippen MR) is 298 cm³/mol. The van der Waals surface area contributed by atoms with Gasteiger partial charge < -0.3 is 24.3 Å². The summed E-state index contributed by atoms with van der Waals surface area (Å²) in [5.41, 5.74) is 14.2. The average Bonchev–Trinajstić information content (AvgIpc) is 3.45. The van der Waals surface area contributed by atoms with Crippen LogP contribution in [-0.2, 0) is 0 Å². The lowest BCUT2D eigenvalue weighted by atomic mass is 9.97. The van der Waals surface area contributed by atoms with Crippen molar-refractivity contribution in [2.45, 2.75) is 6.92 Å². The summed E-state index contributed by atoms with van der Waals surface area (Å²) in [7, 11) is 0. The minimum atomic E-state index is 0.389. The van der Waals surface area contributed by atoms with Crippen molar-refractivity contribution >= 4 is 28.0 Å². The Balaban J connectivity index is 0.853. The second-order valence-corrected chi connectivity index (χ2v) is 16.8. The van der Waals surface area contributed by atoms with Crippen molar-refractivity contribution in [1.29, 1.82) is 0 Å². The molecule has 0 aliphatic rings. The monoisotopic (exact) mass is 939 g/mol. The van der Waals surface area contributed by atoms with Gasteiger partial charge >= 0.3 is 0 Å². The van der Waals surface area contributed by atoms with Gasteiger partial charge in [-0.25, -0.2) is 0 Å². The van der Waals surface area contributed by atoms with Crippen LogP contribution in [0, 0.1) is 0 Å². The van der Waals surface area contributed by atoms with Gasteiger partial charge in [-0.05, 0) is 147 Å². The van der Waals surface area contributed by atoms with Crippen LogP contribution < -0.4 is 24.3 Å². The lowest BCUT2D eigenvalue weighted by Gasteiger charge is -2.13. The van der Waals surface area contributed by atoms with E-state index < -0.39 is 0 Å². The fraction of sp³-hybridized carbons (Fsp3) is 0.0746. The highest BCUT2D eigenvalue weighted by molar-refractivity contribution is 5.83. The predicted octanol–water partition coefficient (Wildman–Crippen LogP) is 16.1. The number of hydrogen-bond donors (Lipinski definition) is 1. The molecule has 9 rings (SSSR count). The molecule has 72 heavy (non-hydrogen) atoms. The molecule has 0 amide bonds. The highest BCUT2D eigenvalue weighted by Gasteiger charge is 2.11. The minimum Gasteiger partial charge on any atom is -0.494 e. The van der Waals surface area contributed by atoms with Crippen molar-refractivity contribution in [3.05, 3.63) is 318 Å². The van der Waals surface area contributed by atoms with Crippen LogP contribution in [0.4, 0.5) is 5.69 Å². The van der Waals surface area contributed by atoms with Gasteiger partial charge in [0.25, 0.3) is 0 Å². The quantitative estimate of drug-likeness (QED) is 0.0778. The molecule has 0 saturated heterocycles. The molecule has 0 radical (unpaired) electrons. The molecule has 0 unspecified atom stereocenters. The first-order valence-electron chi connectivity index (χ1n) is 24.4. The van der Waals surface area contributed by atoms with Crippen molar-refractivity contribution in [1.82, 2.24) is 0 Å². The van der Waals surface area contributed by atoms with Crippen LogP contribution >= 0.6 is 0 Å². The van der Waals surface area contributed by atoms with E-state index in [0.717, 1.165) is 95.5 Å². The van der Waals surface area contributed by atoms with Gasteiger partial charge in [-0.15, -0.1) is 0 Å². The van der Waals surface area contributed by atoms with Crippen LogP contribution in [0.3, 0.4) is 0 Å². The largest absolute Gasteiger partial charge is 0.494 e. The number of hydrogen-bond acceptors (Lipinski definition) is 5. The Morgan fingerprint density at radius 2 is 0.542 bits per heavy atom. The number of rotatable bonds is 21. The van der Waals surface area contributed by atoms with Gasteiger partial charge in [-0.2, -0.15) is 0 Å². The van der Waals surface area contributed by atoms with E-state index >= 15 is 0 Å². The van der Waals surface area contributed by atoms with Gasteiger partial charge in [0.2, 0.25) is 0 Å². The molecule has 0 bridgehead atoms. The maximum absolute atomic E-state index is 6.38. The summed E-state index contributed by atoms with van der Waals surface area (Å²) in [5.74, 6) is 3.23. The zero-order valence-corrected chi connectivity index (χ0v) is 40.4. The number of benzene rings is 9. The normalized spacial score (nSPS) is 12.0. The number of nitrogens with one attached hydrogen (secondary N) is 1. The molecular formula is C67H57NO4. The molecule has 0 heterocycles. The maximum atomic E-state index is 6.38. The Morgan fingerprint density at radius 1 is 0.292 bits per heavy atom. The second kappa shape index (κ2) is 25.0. The maximum Gasteiger partial charge on any atom is 0.119 e. The summed E-state index contributed by atoms with van der Waals surface area (Å²) in [6.07, 6.45) is 8.49.